The zero-order valence-corrected chi connectivity index (χ0v) is 8.37. The second kappa shape index (κ2) is 3.94. The van der Waals surface area contributed by atoms with E-state index in [0.29, 0.717) is 0 Å². The lowest BCUT2D eigenvalue weighted by Gasteiger charge is -2.17. The van der Waals surface area contributed by atoms with Gasteiger partial charge in [-0.05, 0) is 18.6 Å². The molecule has 1 aliphatic heterocycles. The van der Waals surface area contributed by atoms with Crippen LogP contribution in [0.2, 0.25) is 0 Å². The molecule has 0 saturated carbocycles. The molecule has 1 saturated heterocycles. The fraction of sp³-hybridized carbons (Fsp3) is 1.00. The van der Waals surface area contributed by atoms with E-state index in [2.05, 4.69) is 0 Å². The highest BCUT2D eigenvalue weighted by atomic mass is 32.7. The van der Waals surface area contributed by atoms with Gasteiger partial charge < -0.3 is 4.74 Å². The zero-order valence-electron chi connectivity index (χ0n) is 6.66. The molecule has 2 N–H and O–H groups in total. The van der Waals surface area contributed by atoms with Crippen LogP contribution in [0.15, 0.2) is 0 Å². The van der Waals surface area contributed by atoms with Gasteiger partial charge in [-0.3, -0.25) is 10.1 Å². The highest BCUT2D eigenvalue weighted by Gasteiger charge is 2.32. The van der Waals surface area contributed by atoms with Crippen LogP contribution in [-0.2, 0) is 9.30 Å². The zero-order chi connectivity index (χ0) is 8.32. The third kappa shape index (κ3) is 2.48. The molecule has 5 heteroatoms. The van der Waals surface area contributed by atoms with Gasteiger partial charge in [-0.15, -0.1) is 0 Å². The van der Waals surface area contributed by atoms with Crippen LogP contribution in [0.4, 0.5) is 0 Å². The summed E-state index contributed by atoms with van der Waals surface area (Å²) in [6.07, 6.45) is 1.86. The Hall–Kier alpha value is 0.500. The summed E-state index contributed by atoms with van der Waals surface area (Å²) in [5.74, 6) is 0.626. The van der Waals surface area contributed by atoms with Crippen molar-refractivity contribution in [2.75, 3.05) is 12.4 Å². The Morgan fingerprint density at radius 2 is 2.55 bits per heavy atom. The average Bonchev–Trinajstić information content (AvgIpc) is 2.37. The topological polar surface area (TPSA) is 52.3 Å². The Morgan fingerprint density at radius 3 is 3.00 bits per heavy atom. The number of rotatable bonds is 3. The first-order chi connectivity index (χ1) is 5.17. The fourth-order valence-electron chi connectivity index (χ4n) is 1.13. The molecule has 0 bridgehead atoms. The van der Waals surface area contributed by atoms with Crippen LogP contribution in [0.5, 0.6) is 0 Å². The highest BCUT2D eigenvalue weighted by molar-refractivity contribution is 8.57. The largest absolute Gasteiger partial charge is 0.368 e. The summed E-state index contributed by atoms with van der Waals surface area (Å²) in [5.41, 5.74) is 5.63. The Kier molecular flexibility index (Phi) is 3.44. The van der Waals surface area contributed by atoms with Gasteiger partial charge in [0.15, 0.2) is 0 Å². The summed E-state index contributed by atoms with van der Waals surface area (Å²) in [6.45, 7) is 0.130. The lowest BCUT2D eigenvalue weighted by Crippen LogP contribution is -2.10. The van der Waals surface area contributed by atoms with E-state index in [4.69, 9.17) is 10.2 Å². The molecule has 0 radical (unpaired) electrons. The quantitative estimate of drug-likeness (QED) is 0.700. The first-order valence-corrected chi connectivity index (χ1v) is 7.25. The van der Waals surface area contributed by atoms with Crippen LogP contribution in [0.25, 0.3) is 0 Å². The summed E-state index contributed by atoms with van der Waals surface area (Å²) in [5, 5.41) is 0. The molecule has 3 nitrogen and oxygen atoms in total. The van der Waals surface area contributed by atoms with Gasteiger partial charge in [-0.2, -0.15) is 0 Å². The minimum atomic E-state index is -2.55. The van der Waals surface area contributed by atoms with Crippen molar-refractivity contribution in [3.05, 3.63) is 0 Å². The number of hydrogen-bond acceptors (Lipinski definition) is 3. The van der Waals surface area contributed by atoms with E-state index in [1.807, 2.05) is 6.92 Å². The second-order valence-corrected chi connectivity index (χ2v) is 7.72. The average molecular weight is 195 g/mol. The monoisotopic (exact) mass is 195 g/mol. The molecule has 2 unspecified atom stereocenters. The van der Waals surface area contributed by atoms with E-state index in [1.165, 1.54) is 11.4 Å². The van der Waals surface area contributed by atoms with Gasteiger partial charge in [0.25, 0.3) is 0 Å². The molecule has 11 heavy (non-hydrogen) atoms. The second-order valence-electron chi connectivity index (χ2n) is 2.53. The van der Waals surface area contributed by atoms with E-state index < -0.39 is 6.49 Å². The predicted octanol–water partition coefficient (Wildman–Crippen LogP) is 2.03. The van der Waals surface area contributed by atoms with Gasteiger partial charge in [0.2, 0.25) is 6.49 Å². The van der Waals surface area contributed by atoms with Crippen LogP contribution in [0, 0.1) is 0 Å². The molecule has 0 aliphatic carbocycles. The van der Waals surface area contributed by atoms with Crippen LogP contribution in [0.1, 0.15) is 19.8 Å². The van der Waals surface area contributed by atoms with Crippen LogP contribution in [0.3, 0.4) is 0 Å². The smallest absolute Gasteiger partial charge is 0.225 e. The maximum Gasteiger partial charge on any atom is 0.225 e. The number of ether oxygens (including phenoxy) is 1. The van der Waals surface area contributed by atoms with E-state index in [-0.39, 0.29) is 5.85 Å². The third-order valence-electron chi connectivity index (χ3n) is 1.64. The first-order valence-electron chi connectivity index (χ1n) is 3.81. The molecule has 2 atom stereocenters. The number of nitrogens with two attached hydrogens (primary N) is 1. The van der Waals surface area contributed by atoms with Gasteiger partial charge in [0.05, 0.1) is 0 Å². The molecule has 1 aliphatic rings. The predicted molar refractivity (Wildman–Crippen MR) is 48.9 cm³/mol. The van der Waals surface area contributed by atoms with Gasteiger partial charge in [0.1, 0.15) is 5.85 Å². The summed E-state index contributed by atoms with van der Waals surface area (Å²) in [6, 6.07) is 0. The van der Waals surface area contributed by atoms with Crippen molar-refractivity contribution in [3.8, 4) is 0 Å². The van der Waals surface area contributed by atoms with Gasteiger partial charge in [-0.25, -0.2) is 0 Å². The lowest BCUT2D eigenvalue weighted by molar-refractivity contribution is 0.166. The van der Waals surface area contributed by atoms with Crippen LogP contribution >= 0.6 is 17.9 Å². The molecule has 0 amide bonds. The maximum absolute atomic E-state index is 11.6. The van der Waals surface area contributed by atoms with E-state index in [1.54, 1.807) is 0 Å². The van der Waals surface area contributed by atoms with Crippen molar-refractivity contribution in [1.29, 1.82) is 0 Å². The van der Waals surface area contributed by atoms with Crippen molar-refractivity contribution in [1.82, 2.24) is 0 Å². The van der Waals surface area contributed by atoms with Crippen molar-refractivity contribution >= 4 is 17.9 Å². The summed E-state index contributed by atoms with van der Waals surface area (Å²) in [7, 11) is 0. The minimum absolute atomic E-state index is 0.174. The van der Waals surface area contributed by atoms with E-state index in [9.17, 15) is 4.57 Å². The molecule has 0 aromatic rings. The first kappa shape index (κ1) is 9.59. The normalized spacial score (nSPS) is 30.2. The van der Waals surface area contributed by atoms with Gasteiger partial charge in [-0.1, -0.05) is 18.3 Å². The molecular weight excluding hydrogens is 181 g/mol. The van der Waals surface area contributed by atoms with Gasteiger partial charge in [0, 0.05) is 6.61 Å². The highest BCUT2D eigenvalue weighted by Crippen LogP contribution is 2.58. The van der Waals surface area contributed by atoms with E-state index >= 15 is 0 Å². The Balaban J connectivity index is 2.48. The summed E-state index contributed by atoms with van der Waals surface area (Å²) in [4.78, 5) is 0. The summed E-state index contributed by atoms with van der Waals surface area (Å²) < 4.78 is 16.9. The van der Waals surface area contributed by atoms with Crippen molar-refractivity contribution < 1.29 is 9.30 Å². The summed E-state index contributed by atoms with van der Waals surface area (Å²) >= 11 is 1.34. The molecule has 66 valence electrons. The number of hydrogen-bond donors (Lipinski definition) is 1. The van der Waals surface area contributed by atoms with Crippen molar-refractivity contribution in [2.45, 2.75) is 25.6 Å². The minimum Gasteiger partial charge on any atom is -0.368 e. The van der Waals surface area contributed by atoms with Crippen LogP contribution < -0.4 is 5.50 Å². The lowest BCUT2D eigenvalue weighted by atomic mass is 10.4. The maximum atomic E-state index is 11.6. The van der Waals surface area contributed by atoms with Crippen molar-refractivity contribution in [2.24, 2.45) is 5.50 Å². The molecule has 0 aromatic carbocycles. The van der Waals surface area contributed by atoms with Gasteiger partial charge >= 0.3 is 0 Å². The van der Waals surface area contributed by atoms with Crippen LogP contribution in [-0.4, -0.2) is 18.2 Å². The fourth-order valence-corrected chi connectivity index (χ4v) is 4.76. The Bertz CT molecular complexity index is 170. The molecule has 1 fully saturated rings. The van der Waals surface area contributed by atoms with Crippen molar-refractivity contribution in [3.63, 3.8) is 0 Å². The molecular formula is C6H14NO2PS. The Morgan fingerprint density at radius 1 is 1.82 bits per heavy atom. The molecule has 1 rings (SSSR count). The SMILES string of the molecule is CCSP(N)(=O)C1CCCO1. The molecule has 0 spiro atoms. The molecule has 1 heterocycles. The standard InChI is InChI=1S/C6H14NO2PS/c1-2-11-10(7,8)6-4-3-5-9-6/h6H,2-5H2,1H3,(H2,7,8). The van der Waals surface area contributed by atoms with E-state index in [0.717, 1.165) is 25.2 Å². The third-order valence-corrected chi connectivity index (χ3v) is 6.20. The Labute approximate surface area is 71.2 Å². The molecule has 0 aromatic heterocycles.